The number of aryl methyl sites for hydroxylation is 2. The summed E-state index contributed by atoms with van der Waals surface area (Å²) in [6.07, 6.45) is 4.52. The molecule has 2 heteroatoms. The maximum atomic E-state index is 13.4. The zero-order chi connectivity index (χ0) is 16.4. The topological polar surface area (TPSA) is 3.24 Å². The minimum atomic E-state index is -0.153. The van der Waals surface area contributed by atoms with Crippen LogP contribution >= 0.6 is 0 Å². The van der Waals surface area contributed by atoms with E-state index < -0.39 is 0 Å². The molecule has 122 valence electrons. The summed E-state index contributed by atoms with van der Waals surface area (Å²) < 4.78 is 13.4. The van der Waals surface area contributed by atoms with Crippen molar-refractivity contribution < 1.29 is 4.39 Å². The van der Waals surface area contributed by atoms with Gasteiger partial charge in [-0.3, -0.25) is 0 Å². The molecule has 23 heavy (non-hydrogen) atoms. The van der Waals surface area contributed by atoms with E-state index in [1.54, 1.807) is 12.1 Å². The highest BCUT2D eigenvalue weighted by Gasteiger charge is 2.39. The normalized spacial score (nSPS) is 20.0. The lowest BCUT2D eigenvalue weighted by molar-refractivity contribution is 0.359. The molecule has 0 N–H and O–H groups in total. The SMILES string of the molecule is Cc1ccc2c(c1)CCC2(CCCN(C)C)c1ccc(F)cc1. The summed E-state index contributed by atoms with van der Waals surface area (Å²) in [6, 6.07) is 14.0. The molecule has 0 bridgehead atoms. The van der Waals surface area contributed by atoms with Gasteiger partial charge in [-0.25, -0.2) is 4.39 Å². The Balaban J connectivity index is 2.00. The Bertz CT molecular complexity index is 675. The van der Waals surface area contributed by atoms with Gasteiger partial charge in [0.25, 0.3) is 0 Å². The molecule has 2 aromatic carbocycles. The van der Waals surface area contributed by atoms with Crippen molar-refractivity contribution in [3.05, 3.63) is 70.5 Å². The largest absolute Gasteiger partial charge is 0.309 e. The highest BCUT2D eigenvalue weighted by Crippen LogP contribution is 2.47. The van der Waals surface area contributed by atoms with Gasteiger partial charge in [0.05, 0.1) is 0 Å². The fraction of sp³-hybridized carbons (Fsp3) is 0.429. The molecule has 0 spiro atoms. The van der Waals surface area contributed by atoms with Crippen molar-refractivity contribution in [2.24, 2.45) is 0 Å². The summed E-state index contributed by atoms with van der Waals surface area (Å²) >= 11 is 0. The molecule has 1 nitrogen and oxygen atoms in total. The first-order chi connectivity index (χ1) is 11.0. The van der Waals surface area contributed by atoms with Crippen molar-refractivity contribution in [1.82, 2.24) is 4.90 Å². The molecule has 0 saturated carbocycles. The number of fused-ring (bicyclic) bond motifs is 1. The second-order valence-corrected chi connectivity index (χ2v) is 7.16. The first kappa shape index (κ1) is 16.2. The highest BCUT2D eigenvalue weighted by molar-refractivity contribution is 5.49. The standard InChI is InChI=1S/C21H26FN/c1-16-5-10-20-17(15-16)11-13-21(20,12-4-14-23(2)3)18-6-8-19(22)9-7-18/h5-10,15H,4,11-14H2,1-3H3. The van der Waals surface area contributed by atoms with Gasteiger partial charge in [-0.2, -0.15) is 0 Å². The molecule has 0 aromatic heterocycles. The molecule has 1 unspecified atom stereocenters. The Morgan fingerprint density at radius 3 is 2.52 bits per heavy atom. The zero-order valence-corrected chi connectivity index (χ0v) is 14.4. The van der Waals surface area contributed by atoms with E-state index in [2.05, 4.69) is 44.1 Å². The number of nitrogens with zero attached hydrogens (tertiary/aromatic N) is 1. The quantitative estimate of drug-likeness (QED) is 0.773. The predicted molar refractivity (Wildman–Crippen MR) is 94.5 cm³/mol. The molecule has 0 amide bonds. The number of halogens is 1. The number of benzene rings is 2. The van der Waals surface area contributed by atoms with Crippen molar-refractivity contribution >= 4 is 0 Å². The minimum Gasteiger partial charge on any atom is -0.309 e. The van der Waals surface area contributed by atoms with E-state index in [4.69, 9.17) is 0 Å². The van der Waals surface area contributed by atoms with E-state index in [0.717, 1.165) is 32.2 Å². The van der Waals surface area contributed by atoms with Gasteiger partial charge >= 0.3 is 0 Å². The molecule has 1 atom stereocenters. The fourth-order valence-corrected chi connectivity index (χ4v) is 4.05. The van der Waals surface area contributed by atoms with Crippen LogP contribution in [0.15, 0.2) is 42.5 Å². The molecule has 0 heterocycles. The summed E-state index contributed by atoms with van der Waals surface area (Å²) in [6.45, 7) is 3.24. The number of hydrogen-bond donors (Lipinski definition) is 0. The van der Waals surface area contributed by atoms with E-state index in [-0.39, 0.29) is 11.2 Å². The third-order valence-electron chi connectivity index (χ3n) is 5.20. The van der Waals surface area contributed by atoms with Gasteiger partial charge in [-0.15, -0.1) is 0 Å². The molecule has 3 rings (SSSR count). The second-order valence-electron chi connectivity index (χ2n) is 7.16. The Labute approximate surface area is 139 Å². The van der Waals surface area contributed by atoms with Crippen LogP contribution in [0.1, 0.15) is 41.5 Å². The third-order valence-corrected chi connectivity index (χ3v) is 5.20. The summed E-state index contributed by atoms with van der Waals surface area (Å²) in [5.74, 6) is -0.153. The van der Waals surface area contributed by atoms with Gasteiger partial charge < -0.3 is 4.90 Å². The van der Waals surface area contributed by atoms with Crippen molar-refractivity contribution in [2.75, 3.05) is 20.6 Å². The summed E-state index contributed by atoms with van der Waals surface area (Å²) in [4.78, 5) is 2.24. The Morgan fingerprint density at radius 2 is 1.83 bits per heavy atom. The minimum absolute atomic E-state index is 0.0484. The van der Waals surface area contributed by atoms with Gasteiger partial charge in [0.15, 0.2) is 0 Å². The van der Waals surface area contributed by atoms with E-state index in [9.17, 15) is 4.39 Å². The monoisotopic (exact) mass is 311 g/mol. The van der Waals surface area contributed by atoms with Crippen LogP contribution in [0.5, 0.6) is 0 Å². The van der Waals surface area contributed by atoms with Crippen LogP contribution in [-0.2, 0) is 11.8 Å². The highest BCUT2D eigenvalue weighted by atomic mass is 19.1. The van der Waals surface area contributed by atoms with Gasteiger partial charge in [0, 0.05) is 5.41 Å². The molecule has 0 aliphatic heterocycles. The lowest BCUT2D eigenvalue weighted by Crippen LogP contribution is -2.26. The number of hydrogen-bond acceptors (Lipinski definition) is 1. The molecule has 0 fully saturated rings. The first-order valence-corrected chi connectivity index (χ1v) is 8.52. The average molecular weight is 311 g/mol. The Morgan fingerprint density at radius 1 is 1.09 bits per heavy atom. The van der Waals surface area contributed by atoms with E-state index in [1.807, 2.05) is 12.1 Å². The Hall–Kier alpha value is -1.67. The van der Waals surface area contributed by atoms with Crippen LogP contribution in [0.2, 0.25) is 0 Å². The third kappa shape index (κ3) is 3.18. The first-order valence-electron chi connectivity index (χ1n) is 8.52. The van der Waals surface area contributed by atoms with Crippen molar-refractivity contribution in [1.29, 1.82) is 0 Å². The smallest absolute Gasteiger partial charge is 0.123 e. The van der Waals surface area contributed by atoms with Crippen LogP contribution < -0.4 is 0 Å². The van der Waals surface area contributed by atoms with Crippen LogP contribution in [-0.4, -0.2) is 25.5 Å². The zero-order valence-electron chi connectivity index (χ0n) is 14.4. The molecule has 1 aliphatic carbocycles. The second kappa shape index (κ2) is 6.45. The van der Waals surface area contributed by atoms with Gasteiger partial charge in [0.1, 0.15) is 5.82 Å². The van der Waals surface area contributed by atoms with Crippen LogP contribution in [0.3, 0.4) is 0 Å². The van der Waals surface area contributed by atoms with Crippen LogP contribution in [0.4, 0.5) is 4.39 Å². The molecule has 0 radical (unpaired) electrons. The summed E-state index contributed by atoms with van der Waals surface area (Å²) in [5.41, 5.74) is 5.56. The molecule has 0 saturated heterocycles. The van der Waals surface area contributed by atoms with Crippen molar-refractivity contribution in [3.8, 4) is 0 Å². The predicted octanol–water partition coefficient (Wildman–Crippen LogP) is 4.71. The van der Waals surface area contributed by atoms with Crippen LogP contribution in [0.25, 0.3) is 0 Å². The maximum Gasteiger partial charge on any atom is 0.123 e. The van der Waals surface area contributed by atoms with E-state index in [1.165, 1.54) is 22.3 Å². The Kier molecular flexibility index (Phi) is 4.54. The number of rotatable bonds is 5. The van der Waals surface area contributed by atoms with Crippen LogP contribution in [0, 0.1) is 12.7 Å². The lowest BCUT2D eigenvalue weighted by Gasteiger charge is -2.32. The molecule has 2 aromatic rings. The fourth-order valence-electron chi connectivity index (χ4n) is 4.05. The van der Waals surface area contributed by atoms with Gasteiger partial charge in [0.2, 0.25) is 0 Å². The van der Waals surface area contributed by atoms with E-state index in [0.29, 0.717) is 0 Å². The molecular weight excluding hydrogens is 285 g/mol. The summed E-state index contributed by atoms with van der Waals surface area (Å²) in [5, 5.41) is 0. The molecular formula is C21H26FN. The summed E-state index contributed by atoms with van der Waals surface area (Å²) in [7, 11) is 4.24. The average Bonchev–Trinajstić information content (AvgIpc) is 2.87. The van der Waals surface area contributed by atoms with Gasteiger partial charge in [-0.1, -0.05) is 35.9 Å². The maximum absolute atomic E-state index is 13.4. The van der Waals surface area contributed by atoms with E-state index >= 15 is 0 Å². The van der Waals surface area contributed by atoms with Gasteiger partial charge in [-0.05, 0) is 82.1 Å². The van der Waals surface area contributed by atoms with Crippen molar-refractivity contribution in [3.63, 3.8) is 0 Å². The lowest BCUT2D eigenvalue weighted by atomic mass is 9.72. The van der Waals surface area contributed by atoms with Crippen molar-refractivity contribution in [2.45, 2.75) is 38.0 Å². The molecule has 1 aliphatic rings.